The minimum absolute atomic E-state index is 0.717. The van der Waals surface area contributed by atoms with E-state index in [1.54, 1.807) is 0 Å². The highest BCUT2D eigenvalue weighted by molar-refractivity contribution is 7.99. The third-order valence-electron chi connectivity index (χ3n) is 6.22. The highest BCUT2D eigenvalue weighted by Gasteiger charge is 2.30. The fourth-order valence-corrected chi connectivity index (χ4v) is 6.61. The molecule has 3 nitrogen and oxygen atoms in total. The Morgan fingerprint density at radius 1 is 0.425 bits per heavy atom. The Kier molecular flexibility index (Phi) is 16.4. The van der Waals surface area contributed by atoms with E-state index in [1.807, 2.05) is 71.7 Å². The second-order valence-corrected chi connectivity index (χ2v) is 13.2. The summed E-state index contributed by atoms with van der Waals surface area (Å²) in [5.41, 5.74) is 0. The Bertz CT molecular complexity index is 909. The molecule has 3 aromatic rings. The zero-order valence-electron chi connectivity index (χ0n) is 24.4. The molecule has 0 radical (unpaired) electrons. The van der Waals surface area contributed by atoms with Gasteiger partial charge in [0.05, 0.1) is 0 Å². The lowest BCUT2D eigenvalue weighted by Crippen LogP contribution is -2.36. The summed E-state index contributed by atoms with van der Waals surface area (Å²) in [6.45, 7) is 6.71. The predicted octanol–water partition coefficient (Wildman–Crippen LogP) is 11.1. The fourth-order valence-electron chi connectivity index (χ4n) is 3.88. The van der Waals surface area contributed by atoms with Gasteiger partial charge in [-0.3, -0.25) is 0 Å². The first-order valence-corrected chi connectivity index (χ1v) is 17.8. The fraction of sp³-hybridized carbons (Fsp3) is 0.455. The molecule has 0 aliphatic carbocycles. The van der Waals surface area contributed by atoms with Gasteiger partial charge in [-0.1, -0.05) is 59.3 Å². The molecule has 0 aromatic heterocycles. The van der Waals surface area contributed by atoms with Crippen LogP contribution in [0, 0.1) is 0 Å². The Balaban J connectivity index is 1.62. The van der Waals surface area contributed by atoms with Gasteiger partial charge in [-0.25, -0.2) is 0 Å². The molecule has 0 fully saturated rings. The van der Waals surface area contributed by atoms with Gasteiger partial charge in [0, 0.05) is 14.7 Å². The van der Waals surface area contributed by atoms with Gasteiger partial charge in [-0.05, 0) is 109 Å². The number of hydrogen-bond acceptors (Lipinski definition) is 6. The van der Waals surface area contributed by atoms with Gasteiger partial charge >= 0.3 is 7.32 Å². The molecule has 7 heteroatoms. The molecule has 0 N–H and O–H groups in total. The monoisotopic (exact) mass is 596 g/mol. The molecule has 0 aliphatic heterocycles. The van der Waals surface area contributed by atoms with Gasteiger partial charge in [0.2, 0.25) is 0 Å². The van der Waals surface area contributed by atoms with Crippen LogP contribution in [0.15, 0.2) is 87.5 Å². The van der Waals surface area contributed by atoms with Crippen molar-refractivity contribution in [2.45, 2.75) is 93.2 Å². The Morgan fingerprint density at radius 3 is 0.950 bits per heavy atom. The van der Waals surface area contributed by atoms with Crippen LogP contribution in [0.2, 0.25) is 0 Å². The maximum atomic E-state index is 6.20. The van der Waals surface area contributed by atoms with Crippen molar-refractivity contribution < 1.29 is 14.0 Å². The third-order valence-corrected chi connectivity index (χ3v) is 9.51. The summed E-state index contributed by atoms with van der Waals surface area (Å²) in [5, 5.41) is 0. The molecule has 0 saturated carbocycles. The Morgan fingerprint density at radius 2 is 0.700 bits per heavy atom. The van der Waals surface area contributed by atoms with Gasteiger partial charge in [-0.2, -0.15) is 0 Å². The van der Waals surface area contributed by atoms with Crippen molar-refractivity contribution in [3.63, 3.8) is 0 Å². The molecule has 3 rings (SSSR count). The first-order chi connectivity index (χ1) is 19.7. The molecule has 0 saturated heterocycles. The van der Waals surface area contributed by atoms with Crippen molar-refractivity contribution >= 4 is 42.6 Å². The van der Waals surface area contributed by atoms with Gasteiger partial charge in [-0.15, -0.1) is 35.3 Å². The zero-order chi connectivity index (χ0) is 28.3. The molecule has 0 unspecified atom stereocenters. The molecule has 3 aromatic carbocycles. The van der Waals surface area contributed by atoms with Crippen LogP contribution in [0.4, 0.5) is 0 Å². The average molecular weight is 597 g/mol. The van der Waals surface area contributed by atoms with Crippen LogP contribution in [0.5, 0.6) is 17.2 Å². The van der Waals surface area contributed by atoms with E-state index in [2.05, 4.69) is 57.2 Å². The van der Waals surface area contributed by atoms with E-state index in [0.29, 0.717) is 17.2 Å². The van der Waals surface area contributed by atoms with Gasteiger partial charge in [0.15, 0.2) is 0 Å². The standard InChI is InChI=1S/C33H45BO3S3/c1-4-7-10-25-38-31-19-13-28(14-20-31)35-34(36-29-15-21-32(22-16-29)39-26-11-8-5-2)37-30-17-23-33(24-18-30)40-27-12-9-6-3/h13-24H,4-12,25-27H2,1-3H3. The molecule has 216 valence electrons. The molecule has 40 heavy (non-hydrogen) atoms. The van der Waals surface area contributed by atoms with E-state index < -0.39 is 7.32 Å². The van der Waals surface area contributed by atoms with Crippen LogP contribution >= 0.6 is 35.3 Å². The van der Waals surface area contributed by atoms with Crippen molar-refractivity contribution in [2.75, 3.05) is 17.3 Å². The molecular formula is C33H45BO3S3. The first-order valence-electron chi connectivity index (χ1n) is 14.9. The summed E-state index contributed by atoms with van der Waals surface area (Å²) in [6, 6.07) is 24.6. The van der Waals surface area contributed by atoms with E-state index >= 15 is 0 Å². The molecule has 0 aliphatic rings. The first kappa shape index (κ1) is 32.7. The summed E-state index contributed by atoms with van der Waals surface area (Å²) in [5.74, 6) is 5.57. The van der Waals surface area contributed by atoms with E-state index in [0.717, 1.165) is 17.3 Å². The maximum absolute atomic E-state index is 6.20. The van der Waals surface area contributed by atoms with E-state index in [-0.39, 0.29) is 0 Å². The summed E-state index contributed by atoms with van der Waals surface area (Å²) >= 11 is 5.67. The molecule has 0 amide bonds. The van der Waals surface area contributed by atoms with E-state index in [1.165, 1.54) is 72.5 Å². The van der Waals surface area contributed by atoms with Crippen LogP contribution in [-0.4, -0.2) is 24.6 Å². The summed E-state index contributed by atoms with van der Waals surface area (Å²) in [7, 11) is -0.908. The topological polar surface area (TPSA) is 27.7 Å². The van der Waals surface area contributed by atoms with Crippen LogP contribution in [0.3, 0.4) is 0 Å². The summed E-state index contributed by atoms with van der Waals surface area (Å²) < 4.78 is 18.6. The largest absolute Gasteiger partial charge is 0.864 e. The normalized spacial score (nSPS) is 10.9. The number of thioether (sulfide) groups is 3. The number of rotatable bonds is 21. The third kappa shape index (κ3) is 13.2. The number of benzene rings is 3. The van der Waals surface area contributed by atoms with Crippen LogP contribution < -0.4 is 14.0 Å². The predicted molar refractivity (Wildman–Crippen MR) is 178 cm³/mol. The number of hydrogen-bond donors (Lipinski definition) is 0. The van der Waals surface area contributed by atoms with Crippen molar-refractivity contribution in [2.24, 2.45) is 0 Å². The van der Waals surface area contributed by atoms with Crippen molar-refractivity contribution in [3.8, 4) is 17.2 Å². The zero-order valence-corrected chi connectivity index (χ0v) is 26.9. The molecule has 0 spiro atoms. The minimum atomic E-state index is -0.908. The van der Waals surface area contributed by atoms with Crippen LogP contribution in [-0.2, 0) is 0 Å². The molecule has 0 heterocycles. The Hall–Kier alpha value is -1.83. The van der Waals surface area contributed by atoms with Gasteiger partial charge in [0.25, 0.3) is 0 Å². The Labute approximate surface area is 256 Å². The lowest BCUT2D eigenvalue weighted by molar-refractivity contribution is 0.307. The van der Waals surface area contributed by atoms with Crippen LogP contribution in [0.25, 0.3) is 0 Å². The number of unbranched alkanes of at least 4 members (excludes halogenated alkanes) is 6. The van der Waals surface area contributed by atoms with Gasteiger partial charge < -0.3 is 14.0 Å². The highest BCUT2D eigenvalue weighted by Crippen LogP contribution is 2.27. The van der Waals surface area contributed by atoms with Gasteiger partial charge in [0.1, 0.15) is 17.2 Å². The lowest BCUT2D eigenvalue weighted by Gasteiger charge is -2.17. The maximum Gasteiger partial charge on any atom is 0.864 e. The molecule has 0 atom stereocenters. The average Bonchev–Trinajstić information content (AvgIpc) is 2.98. The quantitative estimate of drug-likeness (QED) is 0.0690. The van der Waals surface area contributed by atoms with Crippen molar-refractivity contribution in [1.29, 1.82) is 0 Å². The van der Waals surface area contributed by atoms with E-state index in [9.17, 15) is 0 Å². The summed E-state index contributed by atoms with van der Waals surface area (Å²) in [4.78, 5) is 3.75. The summed E-state index contributed by atoms with van der Waals surface area (Å²) in [6.07, 6.45) is 11.3. The smallest absolute Gasteiger partial charge is 0.490 e. The second kappa shape index (κ2) is 20.1. The highest BCUT2D eigenvalue weighted by atomic mass is 32.2. The molecular weight excluding hydrogens is 551 g/mol. The van der Waals surface area contributed by atoms with E-state index in [4.69, 9.17) is 14.0 Å². The second-order valence-electron chi connectivity index (χ2n) is 9.72. The molecule has 0 bridgehead atoms. The van der Waals surface area contributed by atoms with Crippen molar-refractivity contribution in [1.82, 2.24) is 0 Å². The lowest BCUT2D eigenvalue weighted by atomic mass is 10.2. The van der Waals surface area contributed by atoms with Crippen LogP contribution in [0.1, 0.15) is 78.6 Å². The van der Waals surface area contributed by atoms with Crippen molar-refractivity contribution in [3.05, 3.63) is 72.8 Å². The SMILES string of the molecule is CCCCCSc1ccc(OB(Oc2ccc(SCCCCC)cc2)Oc2ccc(SCCCCC)cc2)cc1. The minimum Gasteiger partial charge on any atom is -0.490 e.